The molecule has 1 amide bonds. The number of nitrogens with one attached hydrogen (secondary N) is 1. The molecular formula is C22H30N4O2S2. The number of thiophene rings is 1. The molecule has 2 aromatic heterocycles. The van der Waals surface area contributed by atoms with Crippen LogP contribution in [0.2, 0.25) is 0 Å². The molecule has 8 heteroatoms. The van der Waals surface area contributed by atoms with Gasteiger partial charge < -0.3 is 9.88 Å². The lowest BCUT2D eigenvalue weighted by Gasteiger charge is -2.23. The molecule has 1 aliphatic carbocycles. The standard InChI is InChI=1S/C22H30N4O2S2/c27-19(26-11-7-15(13-26)25-9-3-4-10-25)8-12-29-14-18-23-21(28)20-16-5-1-2-6-17(16)30-22(20)24-18/h15H,1-14H2,(H,23,24,28). The van der Waals surface area contributed by atoms with Crippen molar-refractivity contribution >= 4 is 39.2 Å². The second-order valence-electron chi connectivity index (χ2n) is 8.73. The summed E-state index contributed by atoms with van der Waals surface area (Å²) < 4.78 is 0. The number of likely N-dealkylation sites (tertiary alicyclic amines) is 2. The Morgan fingerprint density at radius 2 is 2.00 bits per heavy atom. The molecular weight excluding hydrogens is 416 g/mol. The van der Waals surface area contributed by atoms with Crippen molar-refractivity contribution in [2.24, 2.45) is 0 Å². The van der Waals surface area contributed by atoms with E-state index in [1.165, 1.54) is 49.2 Å². The van der Waals surface area contributed by atoms with Crippen molar-refractivity contribution < 1.29 is 4.79 Å². The van der Waals surface area contributed by atoms with Crippen molar-refractivity contribution in [3.8, 4) is 0 Å². The molecule has 2 aliphatic heterocycles. The van der Waals surface area contributed by atoms with E-state index >= 15 is 0 Å². The largest absolute Gasteiger partial charge is 0.341 e. The topological polar surface area (TPSA) is 69.3 Å². The monoisotopic (exact) mass is 446 g/mol. The van der Waals surface area contributed by atoms with E-state index in [4.69, 9.17) is 4.98 Å². The molecule has 0 aromatic carbocycles. The Labute approximate surface area is 185 Å². The summed E-state index contributed by atoms with van der Waals surface area (Å²) in [6.07, 6.45) is 8.76. The van der Waals surface area contributed by atoms with Crippen LogP contribution in [0.1, 0.15) is 54.8 Å². The van der Waals surface area contributed by atoms with Gasteiger partial charge in [0.1, 0.15) is 10.7 Å². The Morgan fingerprint density at radius 1 is 1.17 bits per heavy atom. The number of fused-ring (bicyclic) bond motifs is 3. The highest BCUT2D eigenvalue weighted by Gasteiger charge is 2.31. The number of amides is 1. The third kappa shape index (κ3) is 4.18. The smallest absolute Gasteiger partial charge is 0.259 e. The van der Waals surface area contributed by atoms with Gasteiger partial charge in [0.25, 0.3) is 5.56 Å². The molecule has 5 rings (SSSR count). The van der Waals surface area contributed by atoms with Crippen LogP contribution in [-0.2, 0) is 23.4 Å². The second-order valence-corrected chi connectivity index (χ2v) is 10.9. The molecule has 1 unspecified atom stereocenters. The average Bonchev–Trinajstić information content (AvgIpc) is 3.49. The van der Waals surface area contributed by atoms with E-state index in [1.54, 1.807) is 23.1 Å². The Kier molecular flexibility index (Phi) is 6.16. The van der Waals surface area contributed by atoms with Gasteiger partial charge in [0.05, 0.1) is 11.1 Å². The van der Waals surface area contributed by atoms with E-state index in [2.05, 4.69) is 9.88 Å². The van der Waals surface area contributed by atoms with Crippen molar-refractivity contribution in [1.82, 2.24) is 19.8 Å². The van der Waals surface area contributed by atoms with Gasteiger partial charge in [-0.25, -0.2) is 4.98 Å². The fourth-order valence-corrected chi connectivity index (χ4v) is 7.21. The van der Waals surface area contributed by atoms with Crippen LogP contribution in [0.25, 0.3) is 10.2 Å². The number of H-pyrrole nitrogens is 1. The summed E-state index contributed by atoms with van der Waals surface area (Å²) in [5.74, 6) is 2.43. The number of hydrogen-bond acceptors (Lipinski definition) is 6. The number of rotatable bonds is 6. The van der Waals surface area contributed by atoms with Crippen LogP contribution in [0.5, 0.6) is 0 Å². The first kappa shape index (κ1) is 20.5. The van der Waals surface area contributed by atoms with Gasteiger partial charge in [-0.2, -0.15) is 11.8 Å². The van der Waals surface area contributed by atoms with Crippen LogP contribution >= 0.6 is 23.1 Å². The molecule has 30 heavy (non-hydrogen) atoms. The summed E-state index contributed by atoms with van der Waals surface area (Å²) in [4.78, 5) is 39.8. The molecule has 0 radical (unpaired) electrons. The summed E-state index contributed by atoms with van der Waals surface area (Å²) in [7, 11) is 0. The van der Waals surface area contributed by atoms with Crippen LogP contribution in [-0.4, -0.2) is 63.6 Å². The van der Waals surface area contributed by atoms with Gasteiger partial charge in [0, 0.05) is 36.2 Å². The summed E-state index contributed by atoms with van der Waals surface area (Å²) in [6.45, 7) is 4.20. The minimum Gasteiger partial charge on any atom is -0.341 e. The van der Waals surface area contributed by atoms with Gasteiger partial charge in [-0.05, 0) is 63.6 Å². The normalized spacial score (nSPS) is 22.1. The zero-order chi connectivity index (χ0) is 20.5. The molecule has 6 nitrogen and oxygen atoms in total. The van der Waals surface area contributed by atoms with Crippen LogP contribution in [0.4, 0.5) is 0 Å². The number of carbonyl (C=O) groups excluding carboxylic acids is 1. The van der Waals surface area contributed by atoms with E-state index in [0.717, 1.165) is 54.1 Å². The maximum Gasteiger partial charge on any atom is 0.259 e. The molecule has 0 spiro atoms. The van der Waals surface area contributed by atoms with Crippen LogP contribution in [0, 0.1) is 0 Å². The maximum absolute atomic E-state index is 12.6. The second kappa shape index (κ2) is 9.01. The minimum absolute atomic E-state index is 0.0103. The summed E-state index contributed by atoms with van der Waals surface area (Å²) in [5, 5.41) is 0.820. The van der Waals surface area contributed by atoms with E-state index in [1.807, 2.05) is 4.90 Å². The first-order chi connectivity index (χ1) is 14.7. The van der Waals surface area contributed by atoms with Gasteiger partial charge in [0.2, 0.25) is 5.91 Å². The molecule has 2 saturated heterocycles. The lowest BCUT2D eigenvalue weighted by atomic mass is 9.97. The van der Waals surface area contributed by atoms with E-state index in [0.29, 0.717) is 18.2 Å². The quantitative estimate of drug-likeness (QED) is 0.690. The number of aromatic nitrogens is 2. The average molecular weight is 447 g/mol. The molecule has 162 valence electrons. The number of aryl methyl sites for hydroxylation is 2. The number of thioether (sulfide) groups is 1. The minimum atomic E-state index is 0.0103. The number of nitrogens with zero attached hydrogens (tertiary/aromatic N) is 3. The molecule has 0 bridgehead atoms. The zero-order valence-electron chi connectivity index (χ0n) is 17.5. The summed E-state index contributed by atoms with van der Waals surface area (Å²) in [5.41, 5.74) is 1.24. The number of aromatic amines is 1. The van der Waals surface area contributed by atoms with Crippen molar-refractivity contribution in [2.75, 3.05) is 31.9 Å². The SMILES string of the molecule is O=C(CCSCc1nc2sc3c(c2c(=O)[nH]1)CCCC3)N1CCC(N2CCCC2)C1. The van der Waals surface area contributed by atoms with Gasteiger partial charge in [-0.1, -0.05) is 0 Å². The van der Waals surface area contributed by atoms with Gasteiger partial charge in [-0.15, -0.1) is 11.3 Å². The molecule has 1 atom stereocenters. The lowest BCUT2D eigenvalue weighted by molar-refractivity contribution is -0.129. The highest BCUT2D eigenvalue weighted by atomic mass is 32.2. The first-order valence-corrected chi connectivity index (χ1v) is 13.3. The zero-order valence-corrected chi connectivity index (χ0v) is 19.1. The highest BCUT2D eigenvalue weighted by molar-refractivity contribution is 7.98. The van der Waals surface area contributed by atoms with Crippen molar-refractivity contribution in [3.05, 3.63) is 26.6 Å². The molecule has 0 saturated carbocycles. The van der Waals surface area contributed by atoms with Crippen molar-refractivity contribution in [3.63, 3.8) is 0 Å². The predicted molar refractivity (Wildman–Crippen MR) is 123 cm³/mol. The third-order valence-electron chi connectivity index (χ3n) is 6.75. The van der Waals surface area contributed by atoms with Crippen LogP contribution < -0.4 is 5.56 Å². The lowest BCUT2D eigenvalue weighted by Crippen LogP contribution is -2.37. The van der Waals surface area contributed by atoms with E-state index in [-0.39, 0.29) is 11.5 Å². The summed E-state index contributed by atoms with van der Waals surface area (Å²) in [6, 6.07) is 0.571. The molecule has 4 heterocycles. The van der Waals surface area contributed by atoms with E-state index in [9.17, 15) is 9.59 Å². The van der Waals surface area contributed by atoms with Crippen LogP contribution in [0.3, 0.4) is 0 Å². The Bertz CT molecular complexity index is 979. The fourth-order valence-electron chi connectivity index (χ4n) is 5.14. The van der Waals surface area contributed by atoms with Crippen molar-refractivity contribution in [2.45, 2.75) is 63.2 Å². The first-order valence-electron chi connectivity index (χ1n) is 11.3. The molecule has 2 fully saturated rings. The molecule has 1 N–H and O–H groups in total. The summed E-state index contributed by atoms with van der Waals surface area (Å²) >= 11 is 3.38. The molecule has 2 aromatic rings. The van der Waals surface area contributed by atoms with Gasteiger partial charge in [0.15, 0.2) is 0 Å². The van der Waals surface area contributed by atoms with Crippen molar-refractivity contribution in [1.29, 1.82) is 0 Å². The maximum atomic E-state index is 12.6. The highest BCUT2D eigenvalue weighted by Crippen LogP contribution is 2.33. The Morgan fingerprint density at radius 3 is 2.87 bits per heavy atom. The van der Waals surface area contributed by atoms with Crippen LogP contribution in [0.15, 0.2) is 4.79 Å². The third-order valence-corrected chi connectivity index (χ3v) is 8.90. The number of hydrogen-bond donors (Lipinski definition) is 1. The van der Waals surface area contributed by atoms with E-state index < -0.39 is 0 Å². The fraction of sp³-hybridized carbons (Fsp3) is 0.682. The Balaban J connectivity index is 1.12. The van der Waals surface area contributed by atoms with Gasteiger partial charge in [-0.3, -0.25) is 14.5 Å². The predicted octanol–water partition coefficient (Wildman–Crippen LogP) is 3.18. The van der Waals surface area contributed by atoms with Gasteiger partial charge >= 0.3 is 0 Å². The Hall–Kier alpha value is -1.38. The molecule has 3 aliphatic rings. The number of carbonyl (C=O) groups is 1.